The van der Waals surface area contributed by atoms with Crippen LogP contribution in [-0.4, -0.2) is 41.3 Å². The number of hydrogen-bond donors (Lipinski definition) is 0. The quantitative estimate of drug-likeness (QED) is 0.573. The highest BCUT2D eigenvalue weighted by atomic mass is 19.3. The number of methoxy groups -OCH3 is 1. The van der Waals surface area contributed by atoms with Crippen LogP contribution in [0.2, 0.25) is 0 Å². The number of rotatable bonds is 5. The summed E-state index contributed by atoms with van der Waals surface area (Å²) in [6.07, 6.45) is -1.76. The second kappa shape index (κ2) is 5.32. The van der Waals surface area contributed by atoms with Crippen molar-refractivity contribution in [3.63, 3.8) is 0 Å². The van der Waals surface area contributed by atoms with Crippen LogP contribution in [0.15, 0.2) is 6.20 Å². The molecule has 0 bridgehead atoms. The normalized spacial score (nSPS) is 10.4. The summed E-state index contributed by atoms with van der Waals surface area (Å²) in [5.41, 5.74) is -0.676. The first-order chi connectivity index (χ1) is 8.01. The van der Waals surface area contributed by atoms with E-state index >= 15 is 0 Å². The summed E-state index contributed by atoms with van der Waals surface area (Å²) in [6, 6.07) is 0. The molecule has 1 heterocycles. The lowest BCUT2D eigenvalue weighted by molar-refractivity contribution is -0.736. The molecule has 0 atom stereocenters. The number of nitrogens with zero attached hydrogens (tertiary/aromatic N) is 3. The van der Waals surface area contributed by atoms with Gasteiger partial charge in [0.1, 0.15) is 12.7 Å². The van der Waals surface area contributed by atoms with Crippen molar-refractivity contribution in [2.24, 2.45) is 0 Å². The number of carbonyl (C=O) groups excluding carboxylic acids is 1. The highest BCUT2D eigenvalue weighted by Crippen LogP contribution is 2.20. The minimum absolute atomic E-state index is 0.0127. The number of esters is 1. The van der Waals surface area contributed by atoms with Crippen LogP contribution in [0.5, 0.6) is 0 Å². The maximum absolute atomic E-state index is 12.2. The minimum atomic E-state index is -2.71. The number of ether oxygens (including phenoxy) is 1. The summed E-state index contributed by atoms with van der Waals surface area (Å²) < 4.78 is 29.5. The van der Waals surface area contributed by atoms with Crippen LogP contribution < -0.4 is 0 Å². The molecule has 0 aromatic carbocycles. The van der Waals surface area contributed by atoms with Crippen molar-refractivity contribution in [2.45, 2.75) is 13.0 Å². The standard InChI is InChI=1S/C8H10F2N3O4/c1-16-8(14)7-5(13(15)17-2)3-11-12(7)4-6(9)10/h3,6H,4H2,1-2H3/q+1. The highest BCUT2D eigenvalue weighted by Gasteiger charge is 2.32. The zero-order valence-electron chi connectivity index (χ0n) is 9.09. The van der Waals surface area contributed by atoms with Crippen LogP contribution >= 0.6 is 0 Å². The third-order valence-corrected chi connectivity index (χ3v) is 1.87. The molecule has 0 unspecified atom stereocenters. The Kier molecular flexibility index (Phi) is 4.07. The maximum atomic E-state index is 12.2. The number of halogens is 2. The van der Waals surface area contributed by atoms with Gasteiger partial charge in [-0.3, -0.25) is 0 Å². The predicted octanol–water partition coefficient (Wildman–Crippen LogP) is 0.907. The van der Waals surface area contributed by atoms with Gasteiger partial charge in [0.2, 0.25) is 5.69 Å². The Morgan fingerprint density at radius 3 is 2.71 bits per heavy atom. The van der Waals surface area contributed by atoms with Crippen LogP contribution in [-0.2, 0) is 16.1 Å². The molecule has 1 aromatic heterocycles. The van der Waals surface area contributed by atoms with Crippen LogP contribution in [0.25, 0.3) is 0 Å². The molecular weight excluding hydrogens is 240 g/mol. The van der Waals surface area contributed by atoms with E-state index in [0.29, 0.717) is 4.68 Å². The molecule has 0 saturated carbocycles. The summed E-state index contributed by atoms with van der Waals surface area (Å²) in [7, 11) is 2.13. The van der Waals surface area contributed by atoms with Gasteiger partial charge in [-0.25, -0.2) is 23.1 Å². The Morgan fingerprint density at radius 1 is 1.59 bits per heavy atom. The predicted molar refractivity (Wildman–Crippen MR) is 49.9 cm³/mol. The first-order valence-electron chi connectivity index (χ1n) is 4.44. The van der Waals surface area contributed by atoms with E-state index in [-0.39, 0.29) is 16.3 Å². The Bertz CT molecular complexity index is 432. The molecule has 1 rings (SSSR count). The Balaban J connectivity index is 3.19. The Morgan fingerprint density at radius 2 is 2.24 bits per heavy atom. The first kappa shape index (κ1) is 13.0. The van der Waals surface area contributed by atoms with Crippen molar-refractivity contribution in [3.8, 4) is 0 Å². The average molecular weight is 250 g/mol. The van der Waals surface area contributed by atoms with Gasteiger partial charge in [-0.15, -0.1) is 0 Å². The Labute approximate surface area is 94.4 Å². The van der Waals surface area contributed by atoms with E-state index in [1.54, 1.807) is 0 Å². The van der Waals surface area contributed by atoms with E-state index in [9.17, 15) is 18.5 Å². The number of hydrogen-bond acceptors (Lipinski definition) is 5. The lowest BCUT2D eigenvalue weighted by Crippen LogP contribution is -2.17. The molecule has 1 aromatic rings. The summed E-state index contributed by atoms with van der Waals surface area (Å²) in [6.45, 7) is -0.817. The molecule has 0 saturated heterocycles. The van der Waals surface area contributed by atoms with Crippen LogP contribution in [0.4, 0.5) is 14.5 Å². The molecular formula is C8H10F2N3O4+. The number of alkyl halides is 2. The second-order valence-electron chi connectivity index (χ2n) is 2.88. The minimum Gasteiger partial charge on any atom is -0.464 e. The highest BCUT2D eigenvalue weighted by molar-refractivity contribution is 5.91. The van der Waals surface area contributed by atoms with Crippen molar-refractivity contribution >= 4 is 11.7 Å². The maximum Gasteiger partial charge on any atom is 0.369 e. The van der Waals surface area contributed by atoms with E-state index in [1.807, 2.05) is 0 Å². The average Bonchev–Trinajstić information content (AvgIpc) is 2.69. The van der Waals surface area contributed by atoms with E-state index < -0.39 is 18.9 Å². The van der Waals surface area contributed by atoms with Gasteiger partial charge in [0.05, 0.1) is 12.0 Å². The molecule has 0 aliphatic carbocycles. The van der Waals surface area contributed by atoms with Crippen molar-refractivity contribution in [1.82, 2.24) is 9.78 Å². The zero-order valence-corrected chi connectivity index (χ0v) is 9.09. The third kappa shape index (κ3) is 2.74. The van der Waals surface area contributed by atoms with E-state index in [2.05, 4.69) is 14.7 Å². The van der Waals surface area contributed by atoms with E-state index in [0.717, 1.165) is 20.4 Å². The lowest BCUT2D eigenvalue weighted by Gasteiger charge is -2.03. The molecule has 0 aliphatic heterocycles. The summed E-state index contributed by atoms with van der Waals surface area (Å²) >= 11 is 0. The first-order valence-corrected chi connectivity index (χ1v) is 4.44. The van der Waals surface area contributed by atoms with Gasteiger partial charge in [0.25, 0.3) is 11.3 Å². The van der Waals surface area contributed by atoms with E-state index in [1.165, 1.54) is 0 Å². The molecule has 17 heavy (non-hydrogen) atoms. The summed E-state index contributed by atoms with van der Waals surface area (Å²) in [5.74, 6) is -0.948. The van der Waals surface area contributed by atoms with Gasteiger partial charge >= 0.3 is 11.7 Å². The third-order valence-electron chi connectivity index (χ3n) is 1.87. The smallest absolute Gasteiger partial charge is 0.369 e. The van der Waals surface area contributed by atoms with Gasteiger partial charge in [0.15, 0.2) is 7.11 Å². The fraction of sp³-hybridized carbons (Fsp3) is 0.500. The van der Waals surface area contributed by atoms with E-state index in [4.69, 9.17) is 0 Å². The number of carbonyl (C=O) groups is 1. The summed E-state index contributed by atoms with van der Waals surface area (Å²) in [4.78, 5) is 26.9. The molecule has 9 heteroatoms. The van der Waals surface area contributed by atoms with Gasteiger partial charge < -0.3 is 4.74 Å². The van der Waals surface area contributed by atoms with Crippen molar-refractivity contribution in [3.05, 3.63) is 16.8 Å². The Hall–Kier alpha value is -2.06. The molecule has 0 spiro atoms. The zero-order chi connectivity index (χ0) is 13.0. The lowest BCUT2D eigenvalue weighted by atomic mass is 10.3. The topological polar surface area (TPSA) is 73.4 Å². The fourth-order valence-electron chi connectivity index (χ4n) is 1.18. The summed E-state index contributed by atoms with van der Waals surface area (Å²) in [5, 5.41) is 3.51. The molecule has 0 amide bonds. The molecule has 0 N–H and O–H groups in total. The van der Waals surface area contributed by atoms with Crippen molar-refractivity contribution < 1.29 is 28.1 Å². The largest absolute Gasteiger partial charge is 0.464 e. The molecule has 0 radical (unpaired) electrons. The number of aromatic nitrogens is 2. The second-order valence-corrected chi connectivity index (χ2v) is 2.88. The fourth-order valence-corrected chi connectivity index (χ4v) is 1.18. The molecule has 7 nitrogen and oxygen atoms in total. The van der Waals surface area contributed by atoms with Crippen molar-refractivity contribution in [2.75, 3.05) is 14.2 Å². The van der Waals surface area contributed by atoms with Crippen LogP contribution in [0.1, 0.15) is 10.5 Å². The van der Waals surface area contributed by atoms with Gasteiger partial charge in [-0.05, 0) is 0 Å². The van der Waals surface area contributed by atoms with Crippen molar-refractivity contribution in [1.29, 1.82) is 0 Å². The van der Waals surface area contributed by atoms with Gasteiger partial charge in [0, 0.05) is 0 Å². The SMILES string of the molecule is COC(=O)c1c([N+](=O)OC)cnn1CC(F)F. The van der Waals surface area contributed by atoms with Crippen LogP contribution in [0, 0.1) is 4.91 Å². The van der Waals surface area contributed by atoms with Gasteiger partial charge in [-0.2, -0.15) is 5.10 Å². The molecule has 0 aliphatic rings. The molecule has 0 fully saturated rings. The monoisotopic (exact) mass is 250 g/mol. The van der Waals surface area contributed by atoms with Gasteiger partial charge in [-0.1, -0.05) is 0 Å². The van der Waals surface area contributed by atoms with Crippen LogP contribution in [0.3, 0.4) is 0 Å². The molecule has 94 valence electrons.